The van der Waals surface area contributed by atoms with Crippen LogP contribution in [-0.4, -0.2) is 10.7 Å². The van der Waals surface area contributed by atoms with Crippen molar-refractivity contribution in [1.82, 2.24) is 0 Å². The Morgan fingerprint density at radius 1 is 0.778 bits per heavy atom. The zero-order valence-corrected chi connectivity index (χ0v) is 11.6. The van der Waals surface area contributed by atoms with Crippen molar-refractivity contribution in [3.8, 4) is 0 Å². The quantitative estimate of drug-likeness (QED) is 0.778. The molecule has 5 aliphatic rings. The average molecular weight is 248 g/mol. The maximum atomic E-state index is 11.3. The van der Waals surface area contributed by atoms with Crippen molar-refractivity contribution in [2.45, 2.75) is 76.2 Å². The Morgan fingerprint density at radius 2 is 1.33 bits per heavy atom. The second kappa shape index (κ2) is 4.23. The second-order valence-electron chi connectivity index (χ2n) is 8.00. The molecule has 18 heavy (non-hydrogen) atoms. The first kappa shape index (κ1) is 11.8. The van der Waals surface area contributed by atoms with Gasteiger partial charge in [0, 0.05) is 0 Å². The summed E-state index contributed by atoms with van der Waals surface area (Å²) < 4.78 is 0. The van der Waals surface area contributed by atoms with E-state index in [0.717, 1.165) is 24.2 Å². The molecule has 5 rings (SSSR count). The molecule has 0 heterocycles. The van der Waals surface area contributed by atoms with Crippen molar-refractivity contribution < 1.29 is 5.11 Å². The molecule has 1 N–H and O–H groups in total. The standard InChI is InChI=1S/C17H28O/c18-17(11-12-4-2-1-3-5-12)15-7-13-6-14(9-15)10-16(17)8-13/h12-16,18H,1-11H2. The third-order valence-corrected chi connectivity index (χ3v) is 6.89. The van der Waals surface area contributed by atoms with Gasteiger partial charge in [-0.3, -0.25) is 0 Å². The zero-order chi connectivity index (χ0) is 12.2. The van der Waals surface area contributed by atoms with E-state index < -0.39 is 0 Å². The molecule has 0 spiro atoms. The predicted octanol–water partition coefficient (Wildman–Crippen LogP) is 4.14. The van der Waals surface area contributed by atoms with E-state index >= 15 is 0 Å². The minimum absolute atomic E-state index is 0.241. The number of aliphatic hydroxyl groups is 1. The molecule has 1 nitrogen and oxygen atoms in total. The van der Waals surface area contributed by atoms with Crippen LogP contribution in [0.2, 0.25) is 0 Å². The minimum Gasteiger partial charge on any atom is -0.389 e. The van der Waals surface area contributed by atoms with Gasteiger partial charge in [-0.2, -0.15) is 0 Å². The molecule has 0 unspecified atom stereocenters. The highest BCUT2D eigenvalue weighted by atomic mass is 16.3. The Balaban J connectivity index is 1.51. The van der Waals surface area contributed by atoms with E-state index in [0.29, 0.717) is 11.8 Å². The van der Waals surface area contributed by atoms with Crippen LogP contribution in [0.5, 0.6) is 0 Å². The fourth-order valence-electron chi connectivity index (χ4n) is 6.19. The Bertz CT molecular complexity index is 288. The van der Waals surface area contributed by atoms with Crippen LogP contribution in [0.25, 0.3) is 0 Å². The first-order valence-corrected chi connectivity index (χ1v) is 8.46. The van der Waals surface area contributed by atoms with Crippen LogP contribution in [0.1, 0.15) is 70.6 Å². The van der Waals surface area contributed by atoms with E-state index in [-0.39, 0.29) is 5.60 Å². The number of rotatable bonds is 2. The summed E-state index contributed by atoms with van der Waals surface area (Å²) in [5, 5.41) is 11.3. The van der Waals surface area contributed by atoms with Crippen LogP contribution >= 0.6 is 0 Å². The van der Waals surface area contributed by atoms with Crippen LogP contribution in [0.3, 0.4) is 0 Å². The topological polar surface area (TPSA) is 20.2 Å². The molecule has 0 aromatic heterocycles. The lowest BCUT2D eigenvalue weighted by Crippen LogP contribution is -2.58. The minimum atomic E-state index is -0.241. The third kappa shape index (κ3) is 1.77. The smallest absolute Gasteiger partial charge is 0.0706 e. The summed E-state index contributed by atoms with van der Waals surface area (Å²) in [7, 11) is 0. The first-order chi connectivity index (χ1) is 8.74. The third-order valence-electron chi connectivity index (χ3n) is 6.89. The molecule has 102 valence electrons. The van der Waals surface area contributed by atoms with Crippen LogP contribution in [0.15, 0.2) is 0 Å². The van der Waals surface area contributed by atoms with Crippen molar-refractivity contribution in [2.24, 2.45) is 29.6 Å². The number of hydrogen-bond acceptors (Lipinski definition) is 1. The van der Waals surface area contributed by atoms with Gasteiger partial charge in [-0.1, -0.05) is 32.1 Å². The van der Waals surface area contributed by atoms with Crippen molar-refractivity contribution in [3.05, 3.63) is 0 Å². The van der Waals surface area contributed by atoms with Crippen molar-refractivity contribution >= 4 is 0 Å². The Kier molecular flexibility index (Phi) is 2.76. The van der Waals surface area contributed by atoms with E-state index in [1.165, 1.54) is 64.2 Å². The summed E-state index contributed by atoms with van der Waals surface area (Å²) in [6, 6.07) is 0. The molecule has 1 heteroatoms. The van der Waals surface area contributed by atoms with Gasteiger partial charge in [-0.15, -0.1) is 0 Å². The summed E-state index contributed by atoms with van der Waals surface area (Å²) in [6.45, 7) is 0. The molecule has 0 radical (unpaired) electrons. The lowest BCUT2D eigenvalue weighted by Gasteiger charge is -2.60. The van der Waals surface area contributed by atoms with Crippen molar-refractivity contribution in [2.75, 3.05) is 0 Å². The normalized spacial score (nSPS) is 51.8. The van der Waals surface area contributed by atoms with E-state index in [2.05, 4.69) is 0 Å². The second-order valence-corrected chi connectivity index (χ2v) is 8.00. The molecule has 4 bridgehead atoms. The highest BCUT2D eigenvalue weighted by Crippen LogP contribution is 2.60. The highest BCUT2D eigenvalue weighted by molar-refractivity contribution is 5.07. The molecule has 0 atom stereocenters. The molecular formula is C17H28O. The maximum Gasteiger partial charge on any atom is 0.0706 e. The maximum absolute atomic E-state index is 11.3. The summed E-state index contributed by atoms with van der Waals surface area (Å²) in [5.41, 5.74) is -0.241. The highest BCUT2D eigenvalue weighted by Gasteiger charge is 2.56. The fourth-order valence-corrected chi connectivity index (χ4v) is 6.19. The van der Waals surface area contributed by atoms with Crippen molar-refractivity contribution in [3.63, 3.8) is 0 Å². The molecule has 0 aliphatic heterocycles. The van der Waals surface area contributed by atoms with Gasteiger partial charge in [0.05, 0.1) is 5.60 Å². The van der Waals surface area contributed by atoms with E-state index in [9.17, 15) is 5.11 Å². The largest absolute Gasteiger partial charge is 0.389 e. The molecule has 0 aromatic rings. The van der Waals surface area contributed by atoms with Gasteiger partial charge in [0.15, 0.2) is 0 Å². The molecule has 5 saturated carbocycles. The van der Waals surface area contributed by atoms with Crippen LogP contribution in [0, 0.1) is 29.6 Å². The molecule has 5 fully saturated rings. The van der Waals surface area contributed by atoms with Gasteiger partial charge in [0.1, 0.15) is 0 Å². The van der Waals surface area contributed by atoms with Crippen molar-refractivity contribution in [1.29, 1.82) is 0 Å². The Morgan fingerprint density at radius 3 is 1.89 bits per heavy atom. The lowest BCUT2D eigenvalue weighted by atomic mass is 9.48. The summed E-state index contributed by atoms with van der Waals surface area (Å²) in [5.74, 6) is 4.17. The number of hydrogen-bond donors (Lipinski definition) is 1. The zero-order valence-electron chi connectivity index (χ0n) is 11.6. The SMILES string of the molecule is OC1(CC2CCCCC2)C2CC3CC(C2)CC1C3. The first-order valence-electron chi connectivity index (χ1n) is 8.46. The predicted molar refractivity (Wildman–Crippen MR) is 73.2 cm³/mol. The van der Waals surface area contributed by atoms with Gasteiger partial charge in [-0.25, -0.2) is 0 Å². The van der Waals surface area contributed by atoms with Gasteiger partial charge in [-0.05, 0) is 68.1 Å². The van der Waals surface area contributed by atoms with Crippen LogP contribution in [0.4, 0.5) is 0 Å². The molecule has 0 amide bonds. The van der Waals surface area contributed by atoms with Gasteiger partial charge in [0.2, 0.25) is 0 Å². The van der Waals surface area contributed by atoms with E-state index in [1.54, 1.807) is 0 Å². The molecule has 0 saturated heterocycles. The summed E-state index contributed by atoms with van der Waals surface area (Å²) >= 11 is 0. The Hall–Kier alpha value is -0.0400. The fraction of sp³-hybridized carbons (Fsp3) is 1.00. The summed E-state index contributed by atoms with van der Waals surface area (Å²) in [4.78, 5) is 0. The monoisotopic (exact) mass is 248 g/mol. The van der Waals surface area contributed by atoms with Gasteiger partial charge < -0.3 is 5.11 Å². The average Bonchev–Trinajstić information content (AvgIpc) is 2.37. The molecule has 0 aromatic carbocycles. The van der Waals surface area contributed by atoms with E-state index in [4.69, 9.17) is 0 Å². The Labute approximate surface area is 111 Å². The lowest BCUT2D eigenvalue weighted by molar-refractivity contribution is -0.183. The van der Waals surface area contributed by atoms with E-state index in [1.807, 2.05) is 0 Å². The van der Waals surface area contributed by atoms with Crippen LogP contribution < -0.4 is 0 Å². The van der Waals surface area contributed by atoms with Crippen LogP contribution in [-0.2, 0) is 0 Å². The molecule has 5 aliphatic carbocycles. The van der Waals surface area contributed by atoms with Gasteiger partial charge >= 0.3 is 0 Å². The molecular weight excluding hydrogens is 220 g/mol. The van der Waals surface area contributed by atoms with Gasteiger partial charge in [0.25, 0.3) is 0 Å². The summed E-state index contributed by atoms with van der Waals surface area (Å²) in [6.07, 6.45) is 15.1.